The first kappa shape index (κ1) is 17.0. The van der Waals surface area contributed by atoms with Gasteiger partial charge in [0.1, 0.15) is 6.61 Å². The molecular formula is C15H27NO4. The van der Waals surface area contributed by atoms with E-state index >= 15 is 0 Å². The van der Waals surface area contributed by atoms with E-state index in [4.69, 9.17) is 4.74 Å². The van der Waals surface area contributed by atoms with Crippen molar-refractivity contribution in [2.45, 2.75) is 60.1 Å². The zero-order chi connectivity index (χ0) is 15.7. The first-order valence-electron chi connectivity index (χ1n) is 7.23. The van der Waals surface area contributed by atoms with E-state index in [1.54, 1.807) is 6.92 Å². The number of aliphatic hydroxyl groups is 1. The van der Waals surface area contributed by atoms with Crippen molar-refractivity contribution in [3.05, 3.63) is 0 Å². The molecule has 116 valence electrons. The van der Waals surface area contributed by atoms with Crippen LogP contribution in [0.2, 0.25) is 0 Å². The number of cyclic esters (lactones) is 1. The third-order valence-corrected chi connectivity index (χ3v) is 3.79. The molecule has 3 atom stereocenters. The van der Waals surface area contributed by atoms with Gasteiger partial charge in [-0.3, -0.25) is 4.79 Å². The summed E-state index contributed by atoms with van der Waals surface area (Å²) in [6.45, 7) is 11.8. The number of hydrogen-bond donors (Lipinski definition) is 1. The van der Waals surface area contributed by atoms with Gasteiger partial charge < -0.3 is 9.84 Å². The van der Waals surface area contributed by atoms with E-state index in [1.807, 2.05) is 34.6 Å². The largest absolute Gasteiger partial charge is 0.447 e. The summed E-state index contributed by atoms with van der Waals surface area (Å²) in [5.41, 5.74) is -0.245. The molecule has 1 heterocycles. The minimum atomic E-state index is -0.739. The lowest BCUT2D eigenvalue weighted by Gasteiger charge is -2.33. The van der Waals surface area contributed by atoms with Crippen LogP contribution in [-0.4, -0.2) is 40.8 Å². The topological polar surface area (TPSA) is 66.8 Å². The standard InChI is InChI=1S/C15H27NO4/c1-9(2)7-11(17)10(3)13(18)16-12(15(4,5)6)8-20-14(16)19/h9-12,17H,7-8H2,1-6H3/t10-,11-,12+/m0/s1. The van der Waals surface area contributed by atoms with Crippen LogP contribution >= 0.6 is 0 Å². The fourth-order valence-electron chi connectivity index (χ4n) is 2.37. The van der Waals surface area contributed by atoms with Crippen molar-refractivity contribution in [2.75, 3.05) is 6.61 Å². The number of carbonyl (C=O) groups is 2. The number of rotatable bonds is 4. The molecule has 2 amide bonds. The molecule has 0 saturated carbocycles. The number of amides is 2. The van der Waals surface area contributed by atoms with Gasteiger partial charge in [-0.05, 0) is 17.8 Å². The van der Waals surface area contributed by atoms with Crippen LogP contribution in [-0.2, 0) is 9.53 Å². The molecule has 1 fully saturated rings. The highest BCUT2D eigenvalue weighted by atomic mass is 16.6. The van der Waals surface area contributed by atoms with Gasteiger partial charge in [-0.2, -0.15) is 0 Å². The molecule has 5 nitrogen and oxygen atoms in total. The van der Waals surface area contributed by atoms with Crippen molar-refractivity contribution in [2.24, 2.45) is 17.3 Å². The summed E-state index contributed by atoms with van der Waals surface area (Å²) < 4.78 is 5.02. The molecule has 1 saturated heterocycles. The van der Waals surface area contributed by atoms with Crippen LogP contribution in [0.5, 0.6) is 0 Å². The van der Waals surface area contributed by atoms with E-state index in [0.29, 0.717) is 12.3 Å². The van der Waals surface area contributed by atoms with E-state index in [0.717, 1.165) is 0 Å². The molecule has 1 rings (SSSR count). The summed E-state index contributed by atoms with van der Waals surface area (Å²) in [5, 5.41) is 10.1. The number of ether oxygens (including phenoxy) is 1. The third kappa shape index (κ3) is 3.72. The van der Waals surface area contributed by atoms with Gasteiger partial charge in [0, 0.05) is 0 Å². The highest BCUT2D eigenvalue weighted by Gasteiger charge is 2.46. The molecule has 20 heavy (non-hydrogen) atoms. The number of hydrogen-bond acceptors (Lipinski definition) is 4. The molecule has 0 aromatic rings. The van der Waals surface area contributed by atoms with Crippen LogP contribution in [0.3, 0.4) is 0 Å². The van der Waals surface area contributed by atoms with E-state index in [-0.39, 0.29) is 24.0 Å². The highest BCUT2D eigenvalue weighted by molar-refractivity contribution is 5.95. The van der Waals surface area contributed by atoms with Gasteiger partial charge in [0.05, 0.1) is 18.1 Å². The predicted octanol–water partition coefficient (Wildman–Crippen LogP) is 2.42. The summed E-state index contributed by atoms with van der Waals surface area (Å²) in [6.07, 6.45) is -0.800. The lowest BCUT2D eigenvalue weighted by atomic mass is 9.85. The average Bonchev–Trinajstić information content (AvgIpc) is 2.68. The number of nitrogens with zero attached hydrogens (tertiary/aromatic N) is 1. The van der Waals surface area contributed by atoms with Gasteiger partial charge in [-0.1, -0.05) is 41.5 Å². The van der Waals surface area contributed by atoms with Gasteiger partial charge in [-0.15, -0.1) is 0 Å². The summed E-state index contributed by atoms with van der Waals surface area (Å²) in [4.78, 5) is 25.5. The Morgan fingerprint density at radius 3 is 2.40 bits per heavy atom. The molecular weight excluding hydrogens is 258 g/mol. The molecule has 0 aromatic heterocycles. The first-order chi connectivity index (χ1) is 9.05. The van der Waals surface area contributed by atoms with E-state index < -0.39 is 18.1 Å². The SMILES string of the molecule is CC(C)C[C@H](O)[C@H](C)C(=O)N1C(=O)OC[C@@H]1C(C)(C)C. The Hall–Kier alpha value is -1.10. The van der Waals surface area contributed by atoms with Crippen LogP contribution in [0.1, 0.15) is 48.0 Å². The molecule has 0 radical (unpaired) electrons. The maximum absolute atomic E-state index is 12.5. The van der Waals surface area contributed by atoms with Crippen molar-refractivity contribution < 1.29 is 19.4 Å². The molecule has 0 aromatic carbocycles. The van der Waals surface area contributed by atoms with Gasteiger partial charge >= 0.3 is 6.09 Å². The minimum Gasteiger partial charge on any atom is -0.447 e. The summed E-state index contributed by atoms with van der Waals surface area (Å²) in [7, 11) is 0. The lowest BCUT2D eigenvalue weighted by Crippen LogP contribution is -2.49. The fraction of sp³-hybridized carbons (Fsp3) is 0.867. The summed E-state index contributed by atoms with van der Waals surface area (Å²) in [6, 6.07) is -0.281. The number of carbonyl (C=O) groups excluding carboxylic acids is 2. The second-order valence-corrected chi connectivity index (χ2v) is 7.15. The van der Waals surface area contributed by atoms with Gasteiger partial charge in [-0.25, -0.2) is 9.69 Å². The smallest absolute Gasteiger partial charge is 0.417 e. The normalized spacial score (nSPS) is 22.9. The van der Waals surface area contributed by atoms with Crippen molar-refractivity contribution in [3.63, 3.8) is 0 Å². The van der Waals surface area contributed by atoms with Crippen LogP contribution in [0.15, 0.2) is 0 Å². The van der Waals surface area contributed by atoms with Crippen molar-refractivity contribution >= 4 is 12.0 Å². The fourth-order valence-corrected chi connectivity index (χ4v) is 2.37. The van der Waals surface area contributed by atoms with Crippen molar-refractivity contribution in [1.82, 2.24) is 4.90 Å². The maximum atomic E-state index is 12.5. The summed E-state index contributed by atoms with van der Waals surface area (Å²) >= 11 is 0. The van der Waals surface area contributed by atoms with Gasteiger partial charge in [0.15, 0.2) is 0 Å². The number of aliphatic hydroxyl groups excluding tert-OH is 1. The van der Waals surface area contributed by atoms with Crippen LogP contribution in [0.25, 0.3) is 0 Å². The first-order valence-corrected chi connectivity index (χ1v) is 7.23. The second-order valence-electron chi connectivity index (χ2n) is 7.15. The molecule has 1 aliphatic heterocycles. The Kier molecular flexibility index (Phi) is 5.19. The minimum absolute atomic E-state index is 0.223. The monoisotopic (exact) mass is 285 g/mol. The van der Waals surface area contributed by atoms with Crippen molar-refractivity contribution in [3.8, 4) is 0 Å². The van der Waals surface area contributed by atoms with Crippen LogP contribution in [0.4, 0.5) is 4.79 Å². The second kappa shape index (κ2) is 6.12. The summed E-state index contributed by atoms with van der Waals surface area (Å²) in [5.74, 6) is -0.655. The molecule has 0 spiro atoms. The predicted molar refractivity (Wildman–Crippen MR) is 76.1 cm³/mol. The van der Waals surface area contributed by atoms with Gasteiger partial charge in [0.2, 0.25) is 5.91 Å². The van der Waals surface area contributed by atoms with E-state index in [2.05, 4.69) is 0 Å². The zero-order valence-electron chi connectivity index (χ0n) is 13.3. The molecule has 0 aliphatic carbocycles. The van der Waals surface area contributed by atoms with E-state index in [1.165, 1.54) is 4.90 Å². The Morgan fingerprint density at radius 2 is 1.95 bits per heavy atom. The van der Waals surface area contributed by atoms with E-state index in [9.17, 15) is 14.7 Å². The molecule has 1 N–H and O–H groups in total. The molecule has 5 heteroatoms. The third-order valence-electron chi connectivity index (χ3n) is 3.79. The molecule has 0 bridgehead atoms. The molecule has 1 aliphatic rings. The molecule has 0 unspecified atom stereocenters. The quantitative estimate of drug-likeness (QED) is 0.861. The van der Waals surface area contributed by atoms with Crippen molar-refractivity contribution in [1.29, 1.82) is 0 Å². The maximum Gasteiger partial charge on any atom is 0.417 e. The Bertz CT molecular complexity index is 373. The zero-order valence-corrected chi connectivity index (χ0v) is 13.3. The Balaban J connectivity index is 2.85. The lowest BCUT2D eigenvalue weighted by molar-refractivity contribution is -0.138. The Morgan fingerprint density at radius 1 is 1.40 bits per heavy atom. The van der Waals surface area contributed by atoms with Crippen LogP contribution < -0.4 is 0 Å². The average molecular weight is 285 g/mol. The highest BCUT2D eigenvalue weighted by Crippen LogP contribution is 2.31. The Labute approximate surface area is 121 Å². The van der Waals surface area contributed by atoms with Gasteiger partial charge in [0.25, 0.3) is 0 Å². The van der Waals surface area contributed by atoms with Crippen LogP contribution in [0, 0.1) is 17.3 Å². The number of imide groups is 1.